The molecule has 2 nitrogen and oxygen atoms in total. The molecule has 138 valence electrons. The van der Waals surface area contributed by atoms with Crippen LogP contribution in [0, 0.1) is 17.3 Å². The number of fused-ring (bicyclic) bond motifs is 3. The number of aryl methyl sites for hydroxylation is 1. The maximum Gasteiger partial charge on any atom is 0.135 e. The van der Waals surface area contributed by atoms with Gasteiger partial charge in [0.1, 0.15) is 11.5 Å². The summed E-state index contributed by atoms with van der Waals surface area (Å²) in [4.78, 5) is 12.6. The second kappa shape index (κ2) is 7.51. The van der Waals surface area contributed by atoms with Crippen molar-refractivity contribution in [2.75, 3.05) is 7.11 Å². The van der Waals surface area contributed by atoms with Crippen LogP contribution in [0.15, 0.2) is 18.2 Å². The van der Waals surface area contributed by atoms with E-state index in [1.807, 2.05) is 6.92 Å². The maximum atomic E-state index is 12.6. The lowest BCUT2D eigenvalue weighted by Gasteiger charge is -2.51. The molecule has 4 unspecified atom stereocenters. The van der Waals surface area contributed by atoms with Gasteiger partial charge in [0.2, 0.25) is 0 Å². The Hall–Kier alpha value is -1.31. The first kappa shape index (κ1) is 18.5. The summed E-state index contributed by atoms with van der Waals surface area (Å²) in [7, 11) is 1.75. The molecule has 1 fully saturated rings. The summed E-state index contributed by atoms with van der Waals surface area (Å²) in [6.07, 6.45) is 9.59. The van der Waals surface area contributed by atoms with E-state index in [0.717, 1.165) is 25.0 Å². The van der Waals surface area contributed by atoms with Gasteiger partial charge >= 0.3 is 0 Å². The summed E-state index contributed by atoms with van der Waals surface area (Å²) in [6.45, 7) is 6.35. The molecule has 0 amide bonds. The number of unbranched alkanes of at least 4 members (excludes halogenated alkanes) is 2. The van der Waals surface area contributed by atoms with E-state index in [-0.39, 0.29) is 5.41 Å². The normalized spacial score (nSPS) is 31.1. The molecule has 0 heterocycles. The fourth-order valence-corrected chi connectivity index (χ4v) is 5.59. The topological polar surface area (TPSA) is 26.3 Å². The Morgan fingerprint density at radius 2 is 2.08 bits per heavy atom. The van der Waals surface area contributed by atoms with E-state index < -0.39 is 0 Å². The Morgan fingerprint density at radius 1 is 1.28 bits per heavy atom. The predicted molar refractivity (Wildman–Crippen MR) is 103 cm³/mol. The van der Waals surface area contributed by atoms with E-state index in [0.29, 0.717) is 23.5 Å². The van der Waals surface area contributed by atoms with E-state index in [1.165, 1.54) is 43.2 Å². The minimum Gasteiger partial charge on any atom is -0.497 e. The lowest BCUT2D eigenvalue weighted by atomic mass is 9.52. The van der Waals surface area contributed by atoms with Crippen molar-refractivity contribution in [1.29, 1.82) is 0 Å². The average Bonchev–Trinajstić information content (AvgIpc) is 2.62. The van der Waals surface area contributed by atoms with Gasteiger partial charge in [-0.15, -0.1) is 0 Å². The van der Waals surface area contributed by atoms with Crippen LogP contribution in [-0.2, 0) is 11.2 Å². The van der Waals surface area contributed by atoms with Gasteiger partial charge in [0.25, 0.3) is 0 Å². The number of carbonyl (C=O) groups is 1. The van der Waals surface area contributed by atoms with Gasteiger partial charge in [-0.2, -0.15) is 0 Å². The van der Waals surface area contributed by atoms with Crippen molar-refractivity contribution in [3.05, 3.63) is 29.3 Å². The van der Waals surface area contributed by atoms with Crippen molar-refractivity contribution in [3.63, 3.8) is 0 Å². The monoisotopic (exact) mass is 342 g/mol. The molecular weight excluding hydrogens is 308 g/mol. The van der Waals surface area contributed by atoms with Gasteiger partial charge in [0, 0.05) is 5.41 Å². The number of benzene rings is 1. The molecule has 0 aliphatic heterocycles. The zero-order valence-electron chi connectivity index (χ0n) is 16.4. The molecule has 4 atom stereocenters. The summed E-state index contributed by atoms with van der Waals surface area (Å²) >= 11 is 0. The maximum absolute atomic E-state index is 12.6. The Kier molecular flexibility index (Phi) is 5.55. The molecule has 2 aliphatic carbocycles. The van der Waals surface area contributed by atoms with E-state index in [2.05, 4.69) is 32.0 Å². The Balaban J connectivity index is 1.89. The minimum atomic E-state index is -0.112. The quantitative estimate of drug-likeness (QED) is 0.599. The van der Waals surface area contributed by atoms with Crippen LogP contribution in [0.25, 0.3) is 0 Å². The molecule has 0 bridgehead atoms. The Labute approximate surface area is 153 Å². The zero-order valence-corrected chi connectivity index (χ0v) is 16.4. The van der Waals surface area contributed by atoms with Gasteiger partial charge in [0.15, 0.2) is 0 Å². The highest BCUT2D eigenvalue weighted by Gasteiger charge is 2.49. The van der Waals surface area contributed by atoms with Crippen molar-refractivity contribution < 1.29 is 9.53 Å². The molecule has 1 aromatic carbocycles. The highest BCUT2D eigenvalue weighted by atomic mass is 16.5. The molecule has 0 radical (unpaired) electrons. The molecule has 3 rings (SSSR count). The number of carbonyl (C=O) groups excluding carboxylic acids is 1. The van der Waals surface area contributed by atoms with Gasteiger partial charge in [-0.1, -0.05) is 39.2 Å². The molecule has 2 aliphatic rings. The van der Waals surface area contributed by atoms with Gasteiger partial charge in [-0.25, -0.2) is 0 Å². The number of hydrogen-bond donors (Lipinski definition) is 0. The Morgan fingerprint density at radius 3 is 2.76 bits per heavy atom. The smallest absolute Gasteiger partial charge is 0.135 e. The van der Waals surface area contributed by atoms with E-state index in [1.54, 1.807) is 7.11 Å². The molecule has 25 heavy (non-hydrogen) atoms. The summed E-state index contributed by atoms with van der Waals surface area (Å²) in [5.41, 5.74) is 2.89. The van der Waals surface area contributed by atoms with E-state index in [9.17, 15) is 4.79 Å². The molecule has 0 aromatic heterocycles. The fourth-order valence-electron chi connectivity index (χ4n) is 5.59. The van der Waals surface area contributed by atoms with Crippen LogP contribution in [0.3, 0.4) is 0 Å². The molecule has 2 heteroatoms. The molecule has 0 spiro atoms. The van der Waals surface area contributed by atoms with Crippen LogP contribution in [0.2, 0.25) is 0 Å². The van der Waals surface area contributed by atoms with Crippen LogP contribution >= 0.6 is 0 Å². The van der Waals surface area contributed by atoms with Crippen molar-refractivity contribution >= 4 is 5.78 Å². The number of ketones is 1. The second-order valence-corrected chi connectivity index (χ2v) is 8.49. The van der Waals surface area contributed by atoms with E-state index >= 15 is 0 Å². The molecule has 1 saturated carbocycles. The number of methoxy groups -OCH3 is 1. The molecule has 0 saturated heterocycles. The third kappa shape index (κ3) is 3.37. The van der Waals surface area contributed by atoms with Crippen molar-refractivity contribution in [2.24, 2.45) is 17.3 Å². The summed E-state index contributed by atoms with van der Waals surface area (Å²) in [5.74, 6) is 3.23. The van der Waals surface area contributed by atoms with Crippen LogP contribution < -0.4 is 4.74 Å². The van der Waals surface area contributed by atoms with E-state index in [4.69, 9.17) is 4.74 Å². The third-order valence-corrected chi connectivity index (χ3v) is 7.25. The molecular formula is C23H34O2. The zero-order chi connectivity index (χ0) is 18.0. The van der Waals surface area contributed by atoms with Gasteiger partial charge in [-0.3, -0.25) is 4.79 Å². The van der Waals surface area contributed by atoms with Gasteiger partial charge < -0.3 is 4.74 Å². The number of hydrogen-bond acceptors (Lipinski definition) is 2. The Bertz CT molecular complexity index is 621. The minimum absolute atomic E-state index is 0.112. The van der Waals surface area contributed by atoms with Crippen LogP contribution in [-0.4, -0.2) is 12.9 Å². The van der Waals surface area contributed by atoms with Crippen molar-refractivity contribution in [3.8, 4) is 5.75 Å². The summed E-state index contributed by atoms with van der Waals surface area (Å²) < 4.78 is 5.42. The SMILES string of the molecule is CCCCCC1C2CCc3cc(OC)ccc3C2CCC1(C)C(C)=O. The summed E-state index contributed by atoms with van der Waals surface area (Å²) in [6, 6.07) is 6.65. The number of ether oxygens (including phenoxy) is 1. The first-order valence-electron chi connectivity index (χ1n) is 10.2. The van der Waals surface area contributed by atoms with Crippen LogP contribution in [0.1, 0.15) is 82.8 Å². The fraction of sp³-hybridized carbons (Fsp3) is 0.696. The second-order valence-electron chi connectivity index (χ2n) is 8.49. The van der Waals surface area contributed by atoms with Crippen molar-refractivity contribution in [2.45, 2.75) is 78.1 Å². The molecule has 0 N–H and O–H groups in total. The first-order chi connectivity index (χ1) is 12.0. The lowest BCUT2D eigenvalue weighted by Crippen LogP contribution is -2.46. The lowest BCUT2D eigenvalue weighted by molar-refractivity contribution is -0.134. The van der Waals surface area contributed by atoms with Crippen LogP contribution in [0.4, 0.5) is 0 Å². The van der Waals surface area contributed by atoms with Crippen molar-refractivity contribution in [1.82, 2.24) is 0 Å². The van der Waals surface area contributed by atoms with Crippen LogP contribution in [0.5, 0.6) is 5.75 Å². The number of rotatable bonds is 6. The average molecular weight is 343 g/mol. The standard InChI is InChI=1S/C23H34O2/c1-5-6-7-8-22-21-11-9-17-15-18(25-4)10-12-19(17)20(21)13-14-23(22,3)16(2)24/h10,12,15,20-22H,5-9,11,13-14H2,1-4H3. The highest BCUT2D eigenvalue weighted by molar-refractivity contribution is 5.82. The third-order valence-electron chi connectivity index (χ3n) is 7.25. The molecule has 1 aromatic rings. The largest absolute Gasteiger partial charge is 0.497 e. The van der Waals surface area contributed by atoms with Gasteiger partial charge in [0.05, 0.1) is 7.11 Å². The first-order valence-corrected chi connectivity index (χ1v) is 10.2. The predicted octanol–water partition coefficient (Wildman–Crippen LogP) is 5.93. The van der Waals surface area contributed by atoms with Gasteiger partial charge in [-0.05, 0) is 80.0 Å². The highest BCUT2D eigenvalue weighted by Crippen LogP contribution is 2.56. The summed E-state index contributed by atoms with van der Waals surface area (Å²) in [5, 5.41) is 0. The number of Topliss-reactive ketones (excluding diaryl/α,β-unsaturated/α-hetero) is 1.